The van der Waals surface area contributed by atoms with Crippen molar-refractivity contribution in [1.82, 2.24) is 0 Å². The molecular formula is C18H12FNO3. The van der Waals surface area contributed by atoms with Crippen LogP contribution in [0.4, 0.5) is 10.1 Å². The summed E-state index contributed by atoms with van der Waals surface area (Å²) in [6.45, 7) is 1.99. The van der Waals surface area contributed by atoms with Crippen molar-refractivity contribution < 1.29 is 18.7 Å². The van der Waals surface area contributed by atoms with Gasteiger partial charge in [0.25, 0.3) is 0 Å². The lowest BCUT2D eigenvalue weighted by Gasteiger charge is -2.23. The molecule has 114 valence electrons. The number of ether oxygens (including phenoxy) is 2. The van der Waals surface area contributed by atoms with Gasteiger partial charge in [-0.2, -0.15) is 0 Å². The van der Waals surface area contributed by atoms with Gasteiger partial charge in [-0.15, -0.1) is 0 Å². The largest absolute Gasteiger partial charge is 0.454 e. The first-order valence-corrected chi connectivity index (χ1v) is 7.43. The van der Waals surface area contributed by atoms with E-state index in [1.165, 1.54) is 12.1 Å². The average molecular weight is 309 g/mol. The lowest BCUT2D eigenvalue weighted by atomic mass is 9.74. The molecular weight excluding hydrogens is 297 g/mol. The van der Waals surface area contributed by atoms with Crippen LogP contribution in [0.3, 0.4) is 0 Å². The van der Waals surface area contributed by atoms with Gasteiger partial charge in [0.1, 0.15) is 11.2 Å². The van der Waals surface area contributed by atoms with Crippen molar-refractivity contribution in [3.8, 4) is 11.5 Å². The molecule has 2 aromatic rings. The van der Waals surface area contributed by atoms with Crippen molar-refractivity contribution in [2.75, 3.05) is 6.79 Å². The van der Waals surface area contributed by atoms with Crippen LogP contribution in [0.15, 0.2) is 35.3 Å². The highest BCUT2D eigenvalue weighted by Gasteiger charge is 2.54. The second-order valence-corrected chi connectivity index (χ2v) is 6.10. The highest BCUT2D eigenvalue weighted by molar-refractivity contribution is 6.26. The zero-order valence-electron chi connectivity index (χ0n) is 12.4. The van der Waals surface area contributed by atoms with Gasteiger partial charge in [0.05, 0.1) is 5.69 Å². The van der Waals surface area contributed by atoms with Crippen molar-refractivity contribution in [1.29, 1.82) is 0 Å². The van der Waals surface area contributed by atoms with Gasteiger partial charge in [0.15, 0.2) is 17.3 Å². The van der Waals surface area contributed by atoms with Crippen LogP contribution in [0.5, 0.6) is 11.5 Å². The number of ketones is 1. The van der Waals surface area contributed by atoms with Crippen LogP contribution in [0, 0.1) is 5.82 Å². The highest BCUT2D eigenvalue weighted by atomic mass is 19.1. The predicted molar refractivity (Wildman–Crippen MR) is 81.4 cm³/mol. The van der Waals surface area contributed by atoms with Crippen LogP contribution in [-0.2, 0) is 11.8 Å². The Morgan fingerprint density at radius 1 is 1.22 bits per heavy atom. The van der Waals surface area contributed by atoms with Gasteiger partial charge in [-0.05, 0) is 43.7 Å². The fourth-order valence-corrected chi connectivity index (χ4v) is 3.92. The number of benzene rings is 2. The third-order valence-electron chi connectivity index (χ3n) is 5.04. The maximum absolute atomic E-state index is 13.8. The standard InChI is InChI=1S/C18H12FNO3/c1-9-18(13-6-10(19)2-4-14(13)20-9)7-12-11(17(18)21)3-5-15-16(12)23-8-22-15/h2-6H,7-8H2,1H3. The van der Waals surface area contributed by atoms with E-state index in [1.807, 2.05) is 6.92 Å². The molecule has 1 spiro atoms. The van der Waals surface area contributed by atoms with E-state index in [2.05, 4.69) is 4.99 Å². The summed E-state index contributed by atoms with van der Waals surface area (Å²) < 4.78 is 24.7. The number of Topliss-reactive ketones (excluding diaryl/α,β-unsaturated/α-hetero) is 1. The van der Waals surface area contributed by atoms with E-state index in [0.29, 0.717) is 40.4 Å². The fourth-order valence-electron chi connectivity index (χ4n) is 3.92. The van der Waals surface area contributed by atoms with E-state index >= 15 is 0 Å². The summed E-state index contributed by atoms with van der Waals surface area (Å²) in [4.78, 5) is 17.7. The number of nitrogens with zero attached hydrogens (tertiary/aromatic N) is 1. The van der Waals surface area contributed by atoms with Gasteiger partial charge in [0.2, 0.25) is 6.79 Å². The predicted octanol–water partition coefficient (Wildman–Crippen LogP) is 3.34. The van der Waals surface area contributed by atoms with Crippen molar-refractivity contribution >= 4 is 17.2 Å². The number of hydrogen-bond donors (Lipinski definition) is 0. The summed E-state index contributed by atoms with van der Waals surface area (Å²) in [5.74, 6) is 0.879. The molecule has 0 bridgehead atoms. The first-order valence-electron chi connectivity index (χ1n) is 7.43. The zero-order chi connectivity index (χ0) is 15.8. The van der Waals surface area contributed by atoms with Crippen molar-refractivity contribution in [2.24, 2.45) is 4.99 Å². The maximum atomic E-state index is 13.8. The summed E-state index contributed by atoms with van der Waals surface area (Å²) in [7, 11) is 0. The van der Waals surface area contributed by atoms with Crippen LogP contribution < -0.4 is 9.47 Å². The maximum Gasteiger partial charge on any atom is 0.231 e. The quantitative estimate of drug-likeness (QED) is 0.750. The molecule has 1 atom stereocenters. The third kappa shape index (κ3) is 1.40. The normalized spacial score (nSPS) is 23.2. The Kier molecular flexibility index (Phi) is 2.22. The van der Waals surface area contributed by atoms with E-state index in [4.69, 9.17) is 9.47 Å². The molecule has 2 aliphatic heterocycles. The summed E-state index contributed by atoms with van der Waals surface area (Å²) in [6.07, 6.45) is 0.430. The van der Waals surface area contributed by atoms with Crippen LogP contribution in [0.1, 0.15) is 28.4 Å². The Morgan fingerprint density at radius 2 is 2.09 bits per heavy atom. The Hall–Kier alpha value is -2.69. The summed E-state index contributed by atoms with van der Waals surface area (Å²) in [5, 5.41) is 0. The van der Waals surface area contributed by atoms with E-state index in [-0.39, 0.29) is 18.4 Å². The van der Waals surface area contributed by atoms with E-state index in [0.717, 1.165) is 5.56 Å². The van der Waals surface area contributed by atoms with Gasteiger partial charge < -0.3 is 9.47 Å². The summed E-state index contributed by atoms with van der Waals surface area (Å²) in [5.41, 5.74) is 2.54. The molecule has 0 saturated carbocycles. The molecule has 1 unspecified atom stereocenters. The van der Waals surface area contributed by atoms with Gasteiger partial charge in [-0.25, -0.2) is 4.39 Å². The molecule has 5 rings (SSSR count). The second-order valence-electron chi connectivity index (χ2n) is 6.10. The van der Waals surface area contributed by atoms with Crippen LogP contribution >= 0.6 is 0 Å². The molecule has 0 amide bonds. The minimum Gasteiger partial charge on any atom is -0.454 e. The van der Waals surface area contributed by atoms with Crippen LogP contribution in [0.2, 0.25) is 0 Å². The fraction of sp³-hybridized carbons (Fsp3) is 0.222. The highest BCUT2D eigenvalue weighted by Crippen LogP contribution is 2.52. The number of carbonyl (C=O) groups is 1. The first-order chi connectivity index (χ1) is 11.1. The van der Waals surface area contributed by atoms with Crippen LogP contribution in [0.25, 0.3) is 0 Å². The molecule has 4 nitrogen and oxygen atoms in total. The molecule has 2 heterocycles. The van der Waals surface area contributed by atoms with Crippen molar-refractivity contribution in [2.45, 2.75) is 18.8 Å². The molecule has 0 fully saturated rings. The third-order valence-corrected chi connectivity index (χ3v) is 5.04. The van der Waals surface area contributed by atoms with Gasteiger partial charge in [0, 0.05) is 22.4 Å². The first kappa shape index (κ1) is 12.8. The van der Waals surface area contributed by atoms with Crippen molar-refractivity contribution in [3.05, 3.63) is 52.8 Å². The Balaban J connectivity index is 1.77. The van der Waals surface area contributed by atoms with E-state index in [1.54, 1.807) is 18.2 Å². The van der Waals surface area contributed by atoms with Gasteiger partial charge >= 0.3 is 0 Å². The van der Waals surface area contributed by atoms with Gasteiger partial charge in [-0.1, -0.05) is 0 Å². The number of halogens is 1. The molecule has 23 heavy (non-hydrogen) atoms. The smallest absolute Gasteiger partial charge is 0.231 e. The lowest BCUT2D eigenvalue weighted by molar-refractivity contribution is 0.0946. The zero-order valence-corrected chi connectivity index (χ0v) is 12.4. The SMILES string of the molecule is CC1=Nc2ccc(F)cc2C12Cc1c(ccc3c1OCO3)C2=O. The number of hydrogen-bond acceptors (Lipinski definition) is 4. The number of rotatable bonds is 0. The minimum atomic E-state index is -0.916. The average Bonchev–Trinajstić information content (AvgIpc) is 3.18. The second kappa shape index (κ2) is 3.98. The molecule has 2 aromatic carbocycles. The molecule has 1 aliphatic carbocycles. The Labute approximate surface area is 131 Å². The topological polar surface area (TPSA) is 47.9 Å². The number of aliphatic imine (C=N–C) groups is 1. The molecule has 0 N–H and O–H groups in total. The van der Waals surface area contributed by atoms with E-state index < -0.39 is 5.41 Å². The summed E-state index contributed by atoms with van der Waals surface area (Å²) in [6, 6.07) is 7.95. The molecule has 0 radical (unpaired) electrons. The van der Waals surface area contributed by atoms with Gasteiger partial charge in [-0.3, -0.25) is 9.79 Å². The molecule has 0 aromatic heterocycles. The molecule has 5 heteroatoms. The number of carbonyl (C=O) groups excluding carboxylic acids is 1. The lowest BCUT2D eigenvalue weighted by Crippen LogP contribution is -2.38. The molecule has 3 aliphatic rings. The minimum absolute atomic E-state index is 0.0450. The molecule has 0 saturated heterocycles. The van der Waals surface area contributed by atoms with Crippen LogP contribution in [-0.4, -0.2) is 18.3 Å². The number of fused-ring (bicyclic) bond motifs is 5. The monoisotopic (exact) mass is 309 g/mol. The Morgan fingerprint density at radius 3 is 2.96 bits per heavy atom. The summed E-state index contributed by atoms with van der Waals surface area (Å²) >= 11 is 0. The Bertz CT molecular complexity index is 934. The van der Waals surface area contributed by atoms with E-state index in [9.17, 15) is 9.18 Å². The van der Waals surface area contributed by atoms with Crippen molar-refractivity contribution in [3.63, 3.8) is 0 Å².